The second kappa shape index (κ2) is 5.99. The van der Waals surface area contributed by atoms with Gasteiger partial charge in [-0.1, -0.05) is 26.9 Å². The van der Waals surface area contributed by atoms with Crippen molar-refractivity contribution in [1.82, 2.24) is 0 Å². The van der Waals surface area contributed by atoms with E-state index in [1.165, 1.54) is 12.1 Å². The SMILES string of the molecule is C[Si](C)C(C)(C)COCc1cc2cc(F)cc(Br)c2o1. The Morgan fingerprint density at radius 3 is 2.65 bits per heavy atom. The number of halogens is 2. The van der Waals surface area contributed by atoms with E-state index in [4.69, 9.17) is 9.15 Å². The first-order chi connectivity index (χ1) is 9.29. The molecule has 0 saturated carbocycles. The van der Waals surface area contributed by atoms with Gasteiger partial charge in [-0.15, -0.1) is 0 Å². The van der Waals surface area contributed by atoms with E-state index < -0.39 is 8.80 Å². The summed E-state index contributed by atoms with van der Waals surface area (Å²) in [5.74, 6) is 0.450. The van der Waals surface area contributed by atoms with E-state index in [1.807, 2.05) is 6.07 Å². The number of benzene rings is 1. The van der Waals surface area contributed by atoms with Crippen molar-refractivity contribution in [1.29, 1.82) is 0 Å². The Balaban J connectivity index is 2.06. The van der Waals surface area contributed by atoms with Crippen molar-refractivity contribution in [2.45, 2.75) is 38.6 Å². The summed E-state index contributed by atoms with van der Waals surface area (Å²) >= 11 is 3.31. The van der Waals surface area contributed by atoms with Crippen LogP contribution in [-0.2, 0) is 11.3 Å². The second-order valence-corrected chi connectivity index (χ2v) is 10.1. The van der Waals surface area contributed by atoms with Crippen molar-refractivity contribution in [2.75, 3.05) is 6.61 Å². The molecule has 1 aromatic heterocycles. The maximum absolute atomic E-state index is 13.3. The Bertz CT molecular complexity index is 607. The summed E-state index contributed by atoms with van der Waals surface area (Å²) in [5, 5.41) is 0.981. The van der Waals surface area contributed by atoms with Crippen molar-refractivity contribution in [3.8, 4) is 0 Å². The quantitative estimate of drug-likeness (QED) is 0.669. The highest BCUT2D eigenvalue weighted by molar-refractivity contribution is 9.10. The lowest BCUT2D eigenvalue weighted by molar-refractivity contribution is 0.0889. The van der Waals surface area contributed by atoms with Gasteiger partial charge < -0.3 is 9.15 Å². The van der Waals surface area contributed by atoms with Gasteiger partial charge in [-0.2, -0.15) is 0 Å². The van der Waals surface area contributed by atoms with Crippen LogP contribution in [-0.4, -0.2) is 15.4 Å². The zero-order chi connectivity index (χ0) is 14.9. The van der Waals surface area contributed by atoms with E-state index >= 15 is 0 Å². The number of rotatable bonds is 5. The smallest absolute Gasteiger partial charge is 0.148 e. The summed E-state index contributed by atoms with van der Waals surface area (Å²) in [5.41, 5.74) is 0.667. The summed E-state index contributed by atoms with van der Waals surface area (Å²) in [7, 11) is -0.414. The van der Waals surface area contributed by atoms with Crippen LogP contribution in [0.4, 0.5) is 4.39 Å². The lowest BCUT2D eigenvalue weighted by atomic mass is 10.2. The van der Waals surface area contributed by atoms with Gasteiger partial charge in [0.2, 0.25) is 0 Å². The van der Waals surface area contributed by atoms with E-state index in [0.717, 1.165) is 11.1 Å². The molecular weight excluding hydrogens is 339 g/mol. The fourth-order valence-corrected chi connectivity index (χ4v) is 2.67. The third kappa shape index (κ3) is 3.51. The average Bonchev–Trinajstić information content (AvgIpc) is 2.71. The van der Waals surface area contributed by atoms with Gasteiger partial charge in [-0.25, -0.2) is 4.39 Å². The Labute approximate surface area is 129 Å². The van der Waals surface area contributed by atoms with Crippen LogP contribution in [0.5, 0.6) is 0 Å². The monoisotopic (exact) mass is 357 g/mol. The molecule has 1 heterocycles. The van der Waals surface area contributed by atoms with Crippen molar-refractivity contribution in [2.24, 2.45) is 0 Å². The van der Waals surface area contributed by atoms with Crippen molar-refractivity contribution >= 4 is 35.7 Å². The Morgan fingerprint density at radius 1 is 1.30 bits per heavy atom. The minimum absolute atomic E-state index is 0.226. The molecule has 0 aliphatic carbocycles. The number of hydrogen-bond donors (Lipinski definition) is 0. The molecule has 20 heavy (non-hydrogen) atoms. The minimum atomic E-state index is -0.414. The third-order valence-corrected chi connectivity index (χ3v) is 7.09. The first-order valence-corrected chi connectivity index (χ1v) is 9.85. The van der Waals surface area contributed by atoms with Gasteiger partial charge >= 0.3 is 0 Å². The standard InChI is InChI=1S/C15H19BrFO2Si/c1-15(2,20(3)4)9-18-8-12-6-10-5-11(17)7-13(16)14(10)19-12/h5-7H,8-9H2,1-4H3. The van der Waals surface area contributed by atoms with Crippen molar-refractivity contribution < 1.29 is 13.5 Å². The third-order valence-electron chi connectivity index (χ3n) is 3.65. The average molecular weight is 358 g/mol. The maximum Gasteiger partial charge on any atom is 0.148 e. The van der Waals surface area contributed by atoms with Gasteiger partial charge in [0, 0.05) is 12.0 Å². The van der Waals surface area contributed by atoms with Crippen LogP contribution in [0, 0.1) is 5.82 Å². The zero-order valence-corrected chi connectivity index (χ0v) is 14.8. The van der Waals surface area contributed by atoms with Gasteiger partial charge in [0.05, 0.1) is 13.3 Å². The predicted molar refractivity (Wildman–Crippen MR) is 85.1 cm³/mol. The number of ether oxygens (including phenoxy) is 1. The number of hydrogen-bond acceptors (Lipinski definition) is 2. The van der Waals surface area contributed by atoms with E-state index in [1.54, 1.807) is 0 Å². The molecule has 2 nitrogen and oxygen atoms in total. The Morgan fingerprint density at radius 2 is 2.00 bits per heavy atom. The van der Waals surface area contributed by atoms with Crippen LogP contribution in [0.3, 0.4) is 0 Å². The van der Waals surface area contributed by atoms with E-state index in [2.05, 4.69) is 42.9 Å². The van der Waals surface area contributed by atoms with Crippen molar-refractivity contribution in [3.63, 3.8) is 0 Å². The van der Waals surface area contributed by atoms with Gasteiger partial charge in [0.15, 0.2) is 0 Å². The maximum atomic E-state index is 13.3. The summed E-state index contributed by atoms with van der Waals surface area (Å²) in [6.45, 7) is 10.2. The lowest BCUT2D eigenvalue weighted by Gasteiger charge is -2.27. The first-order valence-electron chi connectivity index (χ1n) is 6.55. The van der Waals surface area contributed by atoms with Crippen LogP contribution in [0.2, 0.25) is 18.1 Å². The molecule has 0 bridgehead atoms. The summed E-state index contributed by atoms with van der Waals surface area (Å²) in [4.78, 5) is 0. The van der Waals surface area contributed by atoms with Crippen LogP contribution < -0.4 is 0 Å². The summed E-state index contributed by atoms with van der Waals surface area (Å²) < 4.78 is 25.4. The molecule has 0 atom stereocenters. The van der Waals surface area contributed by atoms with Crippen molar-refractivity contribution in [3.05, 3.63) is 34.2 Å². The highest BCUT2D eigenvalue weighted by Crippen LogP contribution is 2.31. The largest absolute Gasteiger partial charge is 0.457 e. The first kappa shape index (κ1) is 15.7. The normalized spacial score (nSPS) is 12.6. The molecule has 0 amide bonds. The molecule has 0 aliphatic heterocycles. The topological polar surface area (TPSA) is 22.4 Å². The molecule has 0 N–H and O–H groups in total. The molecule has 0 fully saturated rings. The highest BCUT2D eigenvalue weighted by Gasteiger charge is 2.24. The molecule has 5 heteroatoms. The molecule has 0 saturated heterocycles. The molecule has 0 aliphatic rings. The van der Waals surface area contributed by atoms with Crippen LogP contribution >= 0.6 is 15.9 Å². The Hall–Kier alpha value is -0.653. The molecule has 2 aromatic rings. The second-order valence-electron chi connectivity index (χ2n) is 5.90. The van der Waals surface area contributed by atoms with E-state index in [9.17, 15) is 4.39 Å². The summed E-state index contributed by atoms with van der Waals surface area (Å²) in [6, 6.07) is 4.71. The minimum Gasteiger partial charge on any atom is -0.457 e. The van der Waals surface area contributed by atoms with Gasteiger partial charge in [0.1, 0.15) is 23.8 Å². The molecule has 2 rings (SSSR count). The van der Waals surface area contributed by atoms with Gasteiger partial charge in [-0.05, 0) is 39.2 Å². The van der Waals surface area contributed by atoms with Gasteiger partial charge in [0.25, 0.3) is 0 Å². The molecule has 0 spiro atoms. The highest BCUT2D eigenvalue weighted by atomic mass is 79.9. The van der Waals surface area contributed by atoms with Crippen LogP contribution in [0.15, 0.2) is 27.1 Å². The number of furan rings is 1. The summed E-state index contributed by atoms with van der Waals surface area (Å²) in [6.07, 6.45) is 0. The van der Waals surface area contributed by atoms with Crippen LogP contribution in [0.1, 0.15) is 19.6 Å². The van der Waals surface area contributed by atoms with E-state index in [0.29, 0.717) is 23.3 Å². The number of fused-ring (bicyclic) bond motifs is 1. The molecule has 1 aromatic carbocycles. The predicted octanol–water partition coefficient (Wildman–Crippen LogP) is 5.39. The molecule has 0 unspecified atom stereocenters. The molecule has 109 valence electrons. The fourth-order valence-electron chi connectivity index (χ4n) is 1.75. The van der Waals surface area contributed by atoms with E-state index in [-0.39, 0.29) is 10.9 Å². The Kier molecular flexibility index (Phi) is 4.72. The van der Waals surface area contributed by atoms with Gasteiger partial charge in [-0.3, -0.25) is 0 Å². The van der Waals surface area contributed by atoms with Crippen LogP contribution in [0.25, 0.3) is 11.0 Å². The fraction of sp³-hybridized carbons (Fsp3) is 0.467. The zero-order valence-electron chi connectivity index (χ0n) is 12.2. The lowest BCUT2D eigenvalue weighted by Crippen LogP contribution is -2.26. The molecular formula is C15H19BrFO2Si. The molecule has 1 radical (unpaired) electrons.